The molecular formula is C7H15ClN2O. The van der Waals surface area contributed by atoms with Crippen molar-refractivity contribution in [2.75, 3.05) is 19.6 Å². The van der Waals surface area contributed by atoms with Gasteiger partial charge >= 0.3 is 0 Å². The maximum Gasteiger partial charge on any atom is 0.220 e. The molecule has 0 spiro atoms. The summed E-state index contributed by atoms with van der Waals surface area (Å²) in [5.41, 5.74) is 0. The molecule has 1 aliphatic rings. The zero-order valence-corrected chi connectivity index (χ0v) is 7.54. The van der Waals surface area contributed by atoms with Crippen LogP contribution >= 0.6 is 12.4 Å². The third-order valence-corrected chi connectivity index (χ3v) is 1.71. The Morgan fingerprint density at radius 3 is 2.64 bits per heavy atom. The molecule has 0 bridgehead atoms. The van der Waals surface area contributed by atoms with Gasteiger partial charge in [0, 0.05) is 13.0 Å². The van der Waals surface area contributed by atoms with E-state index in [9.17, 15) is 4.79 Å². The second kappa shape index (κ2) is 5.38. The molecule has 2 N–H and O–H groups in total. The number of carbonyl (C=O) groups excluding carboxylic acids is 1. The van der Waals surface area contributed by atoms with Crippen LogP contribution in [-0.4, -0.2) is 25.5 Å². The number of amides is 1. The number of rotatable bonds is 3. The van der Waals surface area contributed by atoms with Crippen molar-refractivity contribution in [3.05, 3.63) is 0 Å². The topological polar surface area (TPSA) is 41.1 Å². The number of hydrogen-bond donors (Lipinski definition) is 2. The summed E-state index contributed by atoms with van der Waals surface area (Å²) in [5.74, 6) is 0.778. The Bertz CT molecular complexity index is 126. The molecule has 0 aromatic heterocycles. The Labute approximate surface area is 73.3 Å². The first kappa shape index (κ1) is 10.7. The van der Waals surface area contributed by atoms with Crippen LogP contribution in [0.2, 0.25) is 0 Å². The first-order valence-corrected chi connectivity index (χ1v) is 3.80. The van der Waals surface area contributed by atoms with E-state index in [4.69, 9.17) is 0 Å². The fraction of sp³-hybridized carbons (Fsp3) is 0.857. The smallest absolute Gasteiger partial charge is 0.220 e. The van der Waals surface area contributed by atoms with Gasteiger partial charge in [-0.15, -0.1) is 12.4 Å². The molecule has 3 nitrogen and oxygen atoms in total. The van der Waals surface area contributed by atoms with Crippen molar-refractivity contribution in [2.24, 2.45) is 5.92 Å². The van der Waals surface area contributed by atoms with Gasteiger partial charge in [0.15, 0.2) is 0 Å². The lowest BCUT2D eigenvalue weighted by atomic mass is 9.99. The minimum Gasteiger partial charge on any atom is -0.356 e. The molecule has 1 fully saturated rings. The molecule has 1 rings (SSSR count). The fourth-order valence-corrected chi connectivity index (χ4v) is 1.02. The van der Waals surface area contributed by atoms with Crippen molar-refractivity contribution in [2.45, 2.75) is 13.3 Å². The van der Waals surface area contributed by atoms with Crippen LogP contribution in [0.4, 0.5) is 0 Å². The largest absolute Gasteiger partial charge is 0.356 e. The maximum absolute atomic E-state index is 10.9. The SMILES string of the molecule is CCNC(=O)CC1CNC1.Cl. The number of hydrogen-bond acceptors (Lipinski definition) is 2. The summed E-state index contributed by atoms with van der Waals surface area (Å²) < 4.78 is 0. The number of halogens is 1. The van der Waals surface area contributed by atoms with Crippen LogP contribution in [0.25, 0.3) is 0 Å². The van der Waals surface area contributed by atoms with Gasteiger partial charge in [-0.1, -0.05) is 0 Å². The van der Waals surface area contributed by atoms with Crippen LogP contribution in [0.15, 0.2) is 0 Å². The highest BCUT2D eigenvalue weighted by Crippen LogP contribution is 2.06. The zero-order valence-electron chi connectivity index (χ0n) is 6.72. The quantitative estimate of drug-likeness (QED) is 0.646. The lowest BCUT2D eigenvalue weighted by Crippen LogP contribution is -2.44. The molecule has 4 heteroatoms. The summed E-state index contributed by atoms with van der Waals surface area (Å²) in [6.45, 7) is 4.71. The van der Waals surface area contributed by atoms with Crippen molar-refractivity contribution in [1.82, 2.24) is 10.6 Å². The highest BCUT2D eigenvalue weighted by atomic mass is 35.5. The Hall–Kier alpha value is -0.280. The number of carbonyl (C=O) groups is 1. The van der Waals surface area contributed by atoms with Crippen LogP contribution in [0.5, 0.6) is 0 Å². The van der Waals surface area contributed by atoms with Crippen LogP contribution < -0.4 is 10.6 Å². The summed E-state index contributed by atoms with van der Waals surface area (Å²) in [6, 6.07) is 0. The molecule has 0 aromatic rings. The van der Waals surface area contributed by atoms with E-state index in [-0.39, 0.29) is 18.3 Å². The fourth-order valence-electron chi connectivity index (χ4n) is 1.02. The predicted molar refractivity (Wildman–Crippen MR) is 46.9 cm³/mol. The van der Waals surface area contributed by atoms with E-state index in [2.05, 4.69) is 10.6 Å². The van der Waals surface area contributed by atoms with Crippen molar-refractivity contribution < 1.29 is 4.79 Å². The van der Waals surface area contributed by atoms with E-state index in [0.717, 1.165) is 19.6 Å². The van der Waals surface area contributed by atoms with E-state index in [0.29, 0.717) is 12.3 Å². The molecule has 1 amide bonds. The Kier molecular flexibility index (Phi) is 5.24. The van der Waals surface area contributed by atoms with Gasteiger partial charge in [-0.2, -0.15) is 0 Å². The van der Waals surface area contributed by atoms with Gasteiger partial charge in [-0.25, -0.2) is 0 Å². The Morgan fingerprint density at radius 2 is 2.27 bits per heavy atom. The van der Waals surface area contributed by atoms with Crippen LogP contribution in [0, 0.1) is 5.92 Å². The third kappa shape index (κ3) is 3.58. The normalized spacial score (nSPS) is 16.5. The van der Waals surface area contributed by atoms with Gasteiger partial charge in [-0.3, -0.25) is 4.79 Å². The van der Waals surface area contributed by atoms with Crippen molar-refractivity contribution in [3.8, 4) is 0 Å². The van der Waals surface area contributed by atoms with E-state index in [1.165, 1.54) is 0 Å². The monoisotopic (exact) mass is 178 g/mol. The first-order valence-electron chi connectivity index (χ1n) is 3.80. The van der Waals surface area contributed by atoms with Gasteiger partial charge in [0.1, 0.15) is 0 Å². The standard InChI is InChI=1S/C7H14N2O.ClH/c1-2-9-7(10)3-6-4-8-5-6;/h6,8H,2-5H2,1H3,(H,9,10);1H. The second-order valence-electron chi connectivity index (χ2n) is 2.68. The highest BCUT2D eigenvalue weighted by molar-refractivity contribution is 5.85. The second-order valence-corrected chi connectivity index (χ2v) is 2.68. The average molecular weight is 179 g/mol. The van der Waals surface area contributed by atoms with E-state index < -0.39 is 0 Å². The lowest BCUT2D eigenvalue weighted by Gasteiger charge is -2.26. The average Bonchev–Trinajstić information content (AvgIpc) is 1.80. The summed E-state index contributed by atoms with van der Waals surface area (Å²) in [7, 11) is 0. The summed E-state index contributed by atoms with van der Waals surface area (Å²) in [5, 5.41) is 5.91. The maximum atomic E-state index is 10.9. The summed E-state index contributed by atoms with van der Waals surface area (Å²) in [6.07, 6.45) is 0.695. The molecule has 1 saturated heterocycles. The van der Waals surface area contributed by atoms with Gasteiger partial charge < -0.3 is 10.6 Å². The van der Waals surface area contributed by atoms with Gasteiger partial charge in [0.2, 0.25) is 5.91 Å². The first-order chi connectivity index (χ1) is 4.83. The van der Waals surface area contributed by atoms with Gasteiger partial charge in [0.05, 0.1) is 0 Å². The molecule has 66 valence electrons. The summed E-state index contributed by atoms with van der Waals surface area (Å²) >= 11 is 0. The van der Waals surface area contributed by atoms with Crippen molar-refractivity contribution >= 4 is 18.3 Å². The van der Waals surface area contributed by atoms with Crippen LogP contribution in [0.1, 0.15) is 13.3 Å². The lowest BCUT2D eigenvalue weighted by molar-refractivity contribution is -0.122. The van der Waals surface area contributed by atoms with E-state index in [1.54, 1.807) is 0 Å². The highest BCUT2D eigenvalue weighted by Gasteiger charge is 2.19. The molecule has 0 atom stereocenters. The third-order valence-electron chi connectivity index (χ3n) is 1.71. The molecule has 0 aliphatic carbocycles. The number of nitrogens with one attached hydrogen (secondary N) is 2. The van der Waals surface area contributed by atoms with Gasteiger partial charge in [0.25, 0.3) is 0 Å². The molecule has 0 radical (unpaired) electrons. The summed E-state index contributed by atoms with van der Waals surface area (Å²) in [4.78, 5) is 10.9. The van der Waals surface area contributed by atoms with E-state index >= 15 is 0 Å². The predicted octanol–water partition coefficient (Wildman–Crippen LogP) is 0.154. The zero-order chi connectivity index (χ0) is 7.40. The Balaban J connectivity index is 0.000001000. The molecule has 1 aliphatic heterocycles. The molecule has 0 saturated carbocycles. The van der Waals surface area contributed by atoms with E-state index in [1.807, 2.05) is 6.92 Å². The minimum absolute atomic E-state index is 0. The Morgan fingerprint density at radius 1 is 1.64 bits per heavy atom. The van der Waals surface area contributed by atoms with Crippen molar-refractivity contribution in [3.63, 3.8) is 0 Å². The molecule has 11 heavy (non-hydrogen) atoms. The molecule has 1 heterocycles. The van der Waals surface area contributed by atoms with Crippen LogP contribution in [0.3, 0.4) is 0 Å². The van der Waals surface area contributed by atoms with Gasteiger partial charge in [-0.05, 0) is 25.9 Å². The molecule has 0 unspecified atom stereocenters. The molecular weight excluding hydrogens is 164 g/mol. The van der Waals surface area contributed by atoms with Crippen LogP contribution in [-0.2, 0) is 4.79 Å². The van der Waals surface area contributed by atoms with Crippen molar-refractivity contribution in [1.29, 1.82) is 0 Å². The molecule has 0 aromatic carbocycles. The minimum atomic E-state index is 0.